The molecule has 0 radical (unpaired) electrons. The van der Waals surface area contributed by atoms with Crippen molar-refractivity contribution in [3.05, 3.63) is 0 Å². The van der Waals surface area contributed by atoms with Gasteiger partial charge in [-0.2, -0.15) is 5.26 Å². The van der Waals surface area contributed by atoms with Gasteiger partial charge in [-0.25, -0.2) is 0 Å². The summed E-state index contributed by atoms with van der Waals surface area (Å²) < 4.78 is 23.1. The smallest absolute Gasteiger partial charge is 0.303 e. The summed E-state index contributed by atoms with van der Waals surface area (Å²) in [4.78, 5) is 48.4. The molecule has 0 amide bonds. The van der Waals surface area contributed by atoms with Crippen LogP contribution in [0, 0.1) is 52.8 Å². The van der Waals surface area contributed by atoms with Crippen molar-refractivity contribution in [3.63, 3.8) is 0 Å². The molecule has 0 bridgehead atoms. The summed E-state index contributed by atoms with van der Waals surface area (Å²) in [5.41, 5.74) is -0.776. The quantitative estimate of drug-likeness (QED) is 0.406. The van der Waals surface area contributed by atoms with Crippen LogP contribution in [0.2, 0.25) is 0 Å². The van der Waals surface area contributed by atoms with E-state index in [1.54, 1.807) is 0 Å². The zero-order chi connectivity index (χ0) is 26.9. The van der Waals surface area contributed by atoms with Gasteiger partial charge in [0.25, 0.3) is 0 Å². The van der Waals surface area contributed by atoms with Crippen molar-refractivity contribution in [1.82, 2.24) is 0 Å². The lowest BCUT2D eigenvalue weighted by Crippen LogP contribution is -2.65. The SMILES string of the molecule is CC(=O)OC1C(C)C2CCC3C(C2C(OC(C)=O)C1OC(C)=O)[C@H](C)CC(C)(OC(C)=O)C3CC#N. The van der Waals surface area contributed by atoms with Gasteiger partial charge in [0.2, 0.25) is 0 Å². The number of fused-ring (bicyclic) bond motifs is 3. The fourth-order valence-electron chi connectivity index (χ4n) is 7.96. The van der Waals surface area contributed by atoms with Crippen LogP contribution in [-0.4, -0.2) is 47.8 Å². The minimum absolute atomic E-state index is 0.0360. The van der Waals surface area contributed by atoms with Crippen molar-refractivity contribution >= 4 is 23.9 Å². The zero-order valence-corrected chi connectivity index (χ0v) is 22.3. The van der Waals surface area contributed by atoms with Crippen LogP contribution >= 0.6 is 0 Å². The Hall–Kier alpha value is -2.63. The lowest BCUT2D eigenvalue weighted by molar-refractivity contribution is -0.240. The molecule has 0 heterocycles. The van der Waals surface area contributed by atoms with Crippen LogP contribution in [0.1, 0.15) is 74.1 Å². The summed E-state index contributed by atoms with van der Waals surface area (Å²) in [5, 5.41) is 9.68. The lowest BCUT2D eigenvalue weighted by atomic mass is 9.47. The van der Waals surface area contributed by atoms with E-state index in [1.807, 2.05) is 13.8 Å². The Balaban J connectivity index is 2.10. The van der Waals surface area contributed by atoms with E-state index in [9.17, 15) is 24.4 Å². The highest BCUT2D eigenvalue weighted by molar-refractivity contribution is 5.68. The molecule has 3 aliphatic rings. The monoisotopic (exact) mass is 505 g/mol. The molecule has 0 aromatic carbocycles. The van der Waals surface area contributed by atoms with E-state index in [1.165, 1.54) is 27.7 Å². The van der Waals surface area contributed by atoms with E-state index >= 15 is 0 Å². The lowest BCUT2D eigenvalue weighted by Gasteiger charge is -2.61. The Kier molecular flexibility index (Phi) is 8.37. The highest BCUT2D eigenvalue weighted by atomic mass is 16.6. The Morgan fingerprint density at radius 2 is 1.33 bits per heavy atom. The summed E-state index contributed by atoms with van der Waals surface area (Å²) in [5.74, 6) is -2.19. The Morgan fingerprint density at radius 3 is 1.86 bits per heavy atom. The fourth-order valence-corrected chi connectivity index (χ4v) is 7.96. The van der Waals surface area contributed by atoms with E-state index in [2.05, 4.69) is 13.0 Å². The van der Waals surface area contributed by atoms with Gasteiger partial charge in [0, 0.05) is 51.9 Å². The van der Waals surface area contributed by atoms with Gasteiger partial charge in [0.05, 0.1) is 6.07 Å². The first-order valence-electron chi connectivity index (χ1n) is 12.9. The maximum Gasteiger partial charge on any atom is 0.303 e. The molecule has 0 aromatic heterocycles. The fraction of sp³-hybridized carbons (Fsp3) is 0.815. The number of nitrogens with zero attached hydrogens (tertiary/aromatic N) is 1. The van der Waals surface area contributed by atoms with Crippen molar-refractivity contribution in [2.75, 3.05) is 0 Å². The highest BCUT2D eigenvalue weighted by Gasteiger charge is 2.63. The van der Waals surface area contributed by atoms with Gasteiger partial charge in [-0.3, -0.25) is 19.2 Å². The Morgan fingerprint density at radius 1 is 0.806 bits per heavy atom. The van der Waals surface area contributed by atoms with Crippen molar-refractivity contribution in [2.45, 2.75) is 98.1 Å². The predicted octanol–water partition coefficient (Wildman–Crippen LogP) is 3.58. The maximum atomic E-state index is 12.3. The van der Waals surface area contributed by atoms with Crippen LogP contribution in [0.3, 0.4) is 0 Å². The van der Waals surface area contributed by atoms with E-state index in [0.29, 0.717) is 6.42 Å². The number of nitriles is 1. The number of carbonyl (C=O) groups excluding carboxylic acids is 4. The number of esters is 4. The molecular formula is C27H39NO8. The summed E-state index contributed by atoms with van der Waals surface area (Å²) >= 11 is 0. The van der Waals surface area contributed by atoms with Crippen molar-refractivity contribution in [1.29, 1.82) is 5.26 Å². The third-order valence-corrected chi connectivity index (χ3v) is 8.77. The predicted molar refractivity (Wildman–Crippen MR) is 127 cm³/mol. The molecule has 0 spiro atoms. The van der Waals surface area contributed by atoms with Gasteiger partial charge in [-0.1, -0.05) is 13.8 Å². The number of hydrogen-bond acceptors (Lipinski definition) is 9. The van der Waals surface area contributed by atoms with Crippen LogP contribution in [0.15, 0.2) is 0 Å². The molecule has 0 saturated heterocycles. The van der Waals surface area contributed by atoms with E-state index in [-0.39, 0.29) is 53.8 Å². The number of ether oxygens (including phenoxy) is 4. The van der Waals surface area contributed by atoms with Crippen molar-refractivity contribution in [2.24, 2.45) is 41.4 Å². The molecule has 36 heavy (non-hydrogen) atoms. The largest absolute Gasteiger partial charge is 0.459 e. The number of hydrogen-bond donors (Lipinski definition) is 0. The average molecular weight is 506 g/mol. The van der Waals surface area contributed by atoms with Crippen LogP contribution < -0.4 is 0 Å². The second-order valence-corrected chi connectivity index (χ2v) is 11.2. The van der Waals surface area contributed by atoms with Gasteiger partial charge in [-0.05, 0) is 49.9 Å². The molecular weight excluding hydrogens is 466 g/mol. The van der Waals surface area contributed by atoms with Gasteiger partial charge in [0.1, 0.15) is 17.8 Å². The third kappa shape index (κ3) is 5.37. The van der Waals surface area contributed by atoms with E-state index < -0.39 is 41.8 Å². The minimum Gasteiger partial charge on any atom is -0.459 e. The van der Waals surface area contributed by atoms with Gasteiger partial charge in [0.15, 0.2) is 6.10 Å². The zero-order valence-electron chi connectivity index (χ0n) is 22.3. The van der Waals surface area contributed by atoms with Crippen LogP contribution in [0.25, 0.3) is 0 Å². The Labute approximate surface area is 213 Å². The topological polar surface area (TPSA) is 129 Å². The van der Waals surface area contributed by atoms with Crippen molar-refractivity contribution < 1.29 is 38.1 Å². The third-order valence-electron chi connectivity index (χ3n) is 8.77. The molecule has 9 nitrogen and oxygen atoms in total. The normalized spacial score (nSPS) is 41.5. The first-order valence-corrected chi connectivity index (χ1v) is 12.9. The van der Waals surface area contributed by atoms with Crippen molar-refractivity contribution in [3.8, 4) is 6.07 Å². The molecule has 11 atom stereocenters. The molecule has 0 aliphatic heterocycles. The second kappa shape index (κ2) is 10.8. The highest BCUT2D eigenvalue weighted by Crippen LogP contribution is 2.60. The summed E-state index contributed by atoms with van der Waals surface area (Å²) in [7, 11) is 0. The molecule has 0 N–H and O–H groups in total. The standard InChI is InChI=1S/C27H39NO8/c1-13-12-27(7,36-18(6)32)21(10-11-28)20-9-8-19-14(2)24(33-15(3)29)26(35-17(5)31)25(34-16(4)30)23(19)22(13)20/h13-14,19-26H,8-10,12H2,1-7H3/t13-,14?,19?,20?,21?,22?,23?,24?,25?,26?,27?/m1/s1. The Bertz CT molecular complexity index is 927. The molecule has 200 valence electrons. The molecule has 3 rings (SSSR count). The second-order valence-electron chi connectivity index (χ2n) is 11.2. The molecule has 3 saturated carbocycles. The van der Waals surface area contributed by atoms with Crippen LogP contribution in [0.5, 0.6) is 0 Å². The van der Waals surface area contributed by atoms with Gasteiger partial charge < -0.3 is 18.9 Å². The molecule has 10 unspecified atom stereocenters. The first kappa shape index (κ1) is 27.9. The molecule has 3 aliphatic carbocycles. The van der Waals surface area contributed by atoms with Crippen LogP contribution in [-0.2, 0) is 38.1 Å². The molecule has 3 fully saturated rings. The summed E-state index contributed by atoms with van der Waals surface area (Å²) in [6.07, 6.45) is -0.0975. The minimum atomic E-state index is -0.936. The van der Waals surface area contributed by atoms with E-state index in [4.69, 9.17) is 18.9 Å². The van der Waals surface area contributed by atoms with Crippen LogP contribution in [0.4, 0.5) is 0 Å². The number of rotatable bonds is 5. The summed E-state index contributed by atoms with van der Waals surface area (Å²) in [6.45, 7) is 11.3. The summed E-state index contributed by atoms with van der Waals surface area (Å²) in [6, 6.07) is 2.30. The molecule has 0 aromatic rings. The maximum absolute atomic E-state index is 12.3. The van der Waals surface area contributed by atoms with E-state index in [0.717, 1.165) is 12.8 Å². The number of carbonyl (C=O) groups is 4. The van der Waals surface area contributed by atoms with Gasteiger partial charge in [-0.15, -0.1) is 0 Å². The molecule has 9 heteroatoms. The first-order chi connectivity index (χ1) is 16.8. The average Bonchev–Trinajstić information content (AvgIpc) is 2.74. The van der Waals surface area contributed by atoms with Gasteiger partial charge >= 0.3 is 23.9 Å².